The van der Waals surface area contributed by atoms with Crippen LogP contribution in [0.1, 0.15) is 35.4 Å². The lowest BCUT2D eigenvalue weighted by atomic mass is 10.2. The molecular weight excluding hydrogens is 436 g/mol. The Morgan fingerprint density at radius 1 is 0.871 bits per heavy atom. The first-order chi connectivity index (χ1) is 15.0. The topological polar surface area (TPSA) is 102 Å². The molecular formula is C22H26N2O5S2. The standard InChI is InChI=1S/C22H26N2O5S2/c25-18(19-8-4-14-31-19)9-10-20(26)24-13-11-22(28)29-16-21(27)23-12-5-15-30-17-6-2-1-3-7-17/h1-4,6-8,14H,5,9-13,15-16H2,(H,23,27)(H,24,26). The van der Waals surface area contributed by atoms with Gasteiger partial charge in [-0.3, -0.25) is 19.2 Å². The number of hydrogen-bond donors (Lipinski definition) is 2. The molecule has 7 nitrogen and oxygen atoms in total. The minimum absolute atomic E-state index is 0.0361. The van der Waals surface area contributed by atoms with E-state index < -0.39 is 5.97 Å². The van der Waals surface area contributed by atoms with Crippen molar-refractivity contribution in [3.63, 3.8) is 0 Å². The number of Topliss-reactive ketones (excluding diaryl/α,β-unsaturated/α-hetero) is 1. The Balaban J connectivity index is 1.45. The quantitative estimate of drug-likeness (QED) is 0.194. The number of carbonyl (C=O) groups excluding carboxylic acids is 4. The highest BCUT2D eigenvalue weighted by Gasteiger charge is 2.11. The number of nitrogens with one attached hydrogen (secondary N) is 2. The number of hydrogen-bond acceptors (Lipinski definition) is 7. The van der Waals surface area contributed by atoms with Gasteiger partial charge in [0.2, 0.25) is 5.91 Å². The van der Waals surface area contributed by atoms with Crippen molar-refractivity contribution in [1.29, 1.82) is 0 Å². The van der Waals surface area contributed by atoms with Gasteiger partial charge in [-0.05, 0) is 35.8 Å². The molecule has 31 heavy (non-hydrogen) atoms. The number of ether oxygens (including phenoxy) is 1. The first-order valence-corrected chi connectivity index (χ1v) is 11.8. The molecule has 0 atom stereocenters. The molecule has 0 fully saturated rings. The molecule has 0 radical (unpaired) electrons. The van der Waals surface area contributed by atoms with Gasteiger partial charge >= 0.3 is 5.97 Å². The van der Waals surface area contributed by atoms with Gasteiger partial charge < -0.3 is 15.4 Å². The summed E-state index contributed by atoms with van der Waals surface area (Å²) in [5, 5.41) is 7.09. The number of ketones is 1. The SMILES string of the molecule is O=C(CCC(=O)c1cccs1)NCCC(=O)OCC(=O)NCCCSc1ccccc1. The number of benzene rings is 1. The van der Waals surface area contributed by atoms with E-state index in [9.17, 15) is 19.2 Å². The fourth-order valence-electron chi connectivity index (χ4n) is 2.46. The van der Waals surface area contributed by atoms with Crippen LogP contribution in [0.3, 0.4) is 0 Å². The summed E-state index contributed by atoms with van der Waals surface area (Å²) >= 11 is 3.06. The molecule has 2 amide bonds. The van der Waals surface area contributed by atoms with Crippen molar-refractivity contribution in [3.8, 4) is 0 Å². The highest BCUT2D eigenvalue weighted by molar-refractivity contribution is 7.99. The Hall–Kier alpha value is -2.65. The maximum Gasteiger partial charge on any atom is 0.308 e. The van der Waals surface area contributed by atoms with Crippen molar-refractivity contribution in [2.45, 2.75) is 30.6 Å². The second-order valence-corrected chi connectivity index (χ2v) is 8.64. The van der Waals surface area contributed by atoms with Crippen LogP contribution in [-0.2, 0) is 19.1 Å². The smallest absolute Gasteiger partial charge is 0.308 e. The number of thiophene rings is 1. The summed E-state index contributed by atoms with van der Waals surface area (Å²) in [6, 6.07) is 13.5. The normalized spacial score (nSPS) is 10.3. The number of carbonyl (C=O) groups is 4. The van der Waals surface area contributed by atoms with E-state index in [0.29, 0.717) is 11.4 Å². The van der Waals surface area contributed by atoms with Crippen LogP contribution in [0.15, 0.2) is 52.7 Å². The molecule has 1 aromatic heterocycles. The third-order valence-corrected chi connectivity index (χ3v) is 6.06. The number of amides is 2. The van der Waals surface area contributed by atoms with Crippen molar-refractivity contribution in [3.05, 3.63) is 52.7 Å². The number of esters is 1. The van der Waals surface area contributed by atoms with Crippen LogP contribution in [0.4, 0.5) is 0 Å². The molecule has 2 aromatic rings. The van der Waals surface area contributed by atoms with Crippen molar-refractivity contribution >= 4 is 46.7 Å². The predicted molar refractivity (Wildman–Crippen MR) is 121 cm³/mol. The largest absolute Gasteiger partial charge is 0.456 e. The number of rotatable bonds is 14. The third kappa shape index (κ3) is 10.8. The molecule has 0 aliphatic heterocycles. The average molecular weight is 463 g/mol. The number of thioether (sulfide) groups is 1. The van der Waals surface area contributed by atoms with Crippen LogP contribution in [-0.4, -0.2) is 49.0 Å². The predicted octanol–water partition coefficient (Wildman–Crippen LogP) is 3.06. The zero-order valence-electron chi connectivity index (χ0n) is 17.1. The van der Waals surface area contributed by atoms with Crippen LogP contribution in [0, 0.1) is 0 Å². The fraction of sp³-hybridized carbons (Fsp3) is 0.364. The molecule has 0 unspecified atom stereocenters. The highest BCUT2D eigenvalue weighted by atomic mass is 32.2. The Bertz CT molecular complexity index is 841. The lowest BCUT2D eigenvalue weighted by Crippen LogP contribution is -2.31. The Morgan fingerprint density at radius 2 is 1.65 bits per heavy atom. The van der Waals surface area contributed by atoms with Crippen LogP contribution >= 0.6 is 23.1 Å². The van der Waals surface area contributed by atoms with E-state index in [-0.39, 0.29) is 50.0 Å². The van der Waals surface area contributed by atoms with Gasteiger partial charge in [0.15, 0.2) is 12.4 Å². The van der Waals surface area contributed by atoms with Gasteiger partial charge in [0.05, 0.1) is 11.3 Å². The lowest BCUT2D eigenvalue weighted by Gasteiger charge is -2.07. The minimum atomic E-state index is -0.565. The third-order valence-electron chi connectivity index (χ3n) is 4.05. The first-order valence-electron chi connectivity index (χ1n) is 9.98. The fourth-order valence-corrected chi connectivity index (χ4v) is 4.02. The molecule has 0 spiro atoms. The van der Waals surface area contributed by atoms with E-state index >= 15 is 0 Å². The molecule has 0 bridgehead atoms. The molecule has 0 aliphatic rings. The Kier molecular flexibility index (Phi) is 11.4. The summed E-state index contributed by atoms with van der Waals surface area (Å²) in [7, 11) is 0. The monoisotopic (exact) mass is 462 g/mol. The maximum absolute atomic E-state index is 11.8. The van der Waals surface area contributed by atoms with E-state index in [2.05, 4.69) is 10.6 Å². The summed E-state index contributed by atoms with van der Waals surface area (Å²) in [4.78, 5) is 48.8. The zero-order chi connectivity index (χ0) is 22.3. The summed E-state index contributed by atoms with van der Waals surface area (Å²) < 4.78 is 4.90. The summed E-state index contributed by atoms with van der Waals surface area (Å²) in [5.41, 5.74) is 0. The van der Waals surface area contributed by atoms with E-state index in [1.165, 1.54) is 16.2 Å². The summed E-state index contributed by atoms with van der Waals surface area (Å²) in [6.07, 6.45) is 0.962. The van der Waals surface area contributed by atoms with Gasteiger partial charge in [-0.15, -0.1) is 23.1 Å². The van der Waals surface area contributed by atoms with E-state index in [1.54, 1.807) is 23.9 Å². The van der Waals surface area contributed by atoms with Crippen LogP contribution in [0.2, 0.25) is 0 Å². The lowest BCUT2D eigenvalue weighted by molar-refractivity contribution is -0.148. The van der Waals surface area contributed by atoms with E-state index in [1.807, 2.05) is 35.7 Å². The molecule has 1 aromatic carbocycles. The maximum atomic E-state index is 11.8. The summed E-state index contributed by atoms with van der Waals surface area (Å²) in [6.45, 7) is 0.271. The van der Waals surface area contributed by atoms with Gasteiger partial charge in [-0.25, -0.2) is 0 Å². The van der Waals surface area contributed by atoms with Gasteiger partial charge in [0, 0.05) is 30.8 Å². The van der Waals surface area contributed by atoms with Crippen LogP contribution < -0.4 is 10.6 Å². The molecule has 9 heteroatoms. The molecule has 0 aliphatic carbocycles. The van der Waals surface area contributed by atoms with Gasteiger partial charge in [-0.2, -0.15) is 0 Å². The molecule has 2 rings (SSSR count). The second-order valence-electron chi connectivity index (χ2n) is 6.53. The molecule has 0 saturated carbocycles. The van der Waals surface area contributed by atoms with Gasteiger partial charge in [-0.1, -0.05) is 24.3 Å². The highest BCUT2D eigenvalue weighted by Crippen LogP contribution is 2.17. The van der Waals surface area contributed by atoms with E-state index in [0.717, 1.165) is 12.2 Å². The van der Waals surface area contributed by atoms with Gasteiger partial charge in [0.1, 0.15) is 0 Å². The zero-order valence-corrected chi connectivity index (χ0v) is 18.8. The van der Waals surface area contributed by atoms with Crippen molar-refractivity contribution in [2.24, 2.45) is 0 Å². The first kappa shape index (κ1) is 24.6. The van der Waals surface area contributed by atoms with Crippen molar-refractivity contribution in [2.75, 3.05) is 25.4 Å². The van der Waals surface area contributed by atoms with Crippen LogP contribution in [0.25, 0.3) is 0 Å². The van der Waals surface area contributed by atoms with E-state index in [4.69, 9.17) is 4.74 Å². The second kappa shape index (κ2) is 14.4. The van der Waals surface area contributed by atoms with Crippen LogP contribution in [0.5, 0.6) is 0 Å². The van der Waals surface area contributed by atoms with Gasteiger partial charge in [0.25, 0.3) is 5.91 Å². The molecule has 2 N–H and O–H groups in total. The Morgan fingerprint density at radius 3 is 2.39 bits per heavy atom. The minimum Gasteiger partial charge on any atom is -0.456 e. The van der Waals surface area contributed by atoms with Crippen molar-refractivity contribution in [1.82, 2.24) is 10.6 Å². The average Bonchev–Trinajstić information content (AvgIpc) is 3.31. The molecule has 166 valence electrons. The van der Waals surface area contributed by atoms with Crippen molar-refractivity contribution < 1.29 is 23.9 Å². The summed E-state index contributed by atoms with van der Waals surface area (Å²) in [5.74, 6) is -0.417. The Labute approximate surface area is 189 Å². The molecule has 0 saturated heterocycles. The molecule has 1 heterocycles.